The highest BCUT2D eigenvalue weighted by molar-refractivity contribution is 5.31. The maximum absolute atomic E-state index is 5.89. The molecule has 2 N–H and O–H groups in total. The summed E-state index contributed by atoms with van der Waals surface area (Å²) >= 11 is 0. The van der Waals surface area contributed by atoms with Crippen molar-refractivity contribution < 1.29 is 14.2 Å². The molecule has 22 heavy (non-hydrogen) atoms. The molecule has 0 heterocycles. The maximum Gasteiger partial charge on any atom is 0.119 e. The van der Waals surface area contributed by atoms with Gasteiger partial charge in [0.2, 0.25) is 0 Å². The zero-order valence-electron chi connectivity index (χ0n) is 13.1. The van der Waals surface area contributed by atoms with Gasteiger partial charge in [-0.2, -0.15) is 0 Å². The lowest BCUT2D eigenvalue weighted by molar-refractivity contribution is 0.297. The third-order valence-electron chi connectivity index (χ3n) is 3.67. The molecule has 2 aromatic carbocycles. The summed E-state index contributed by atoms with van der Waals surface area (Å²) in [6.07, 6.45) is 0.870. The van der Waals surface area contributed by atoms with E-state index in [0.29, 0.717) is 13.2 Å². The van der Waals surface area contributed by atoms with Crippen molar-refractivity contribution in [1.29, 1.82) is 0 Å². The molecule has 0 amide bonds. The Balaban J connectivity index is 1.87. The molecule has 4 nitrogen and oxygen atoms in total. The molecular weight excluding hydrogens is 278 g/mol. The first-order chi connectivity index (χ1) is 10.8. The van der Waals surface area contributed by atoms with Gasteiger partial charge in [0.05, 0.1) is 20.8 Å². The van der Waals surface area contributed by atoms with Gasteiger partial charge in [0, 0.05) is 0 Å². The van der Waals surface area contributed by atoms with Crippen molar-refractivity contribution in [2.45, 2.75) is 12.3 Å². The smallest absolute Gasteiger partial charge is 0.119 e. The van der Waals surface area contributed by atoms with Crippen molar-refractivity contribution >= 4 is 0 Å². The quantitative estimate of drug-likeness (QED) is 0.813. The summed E-state index contributed by atoms with van der Waals surface area (Å²) in [5.41, 5.74) is 7.10. The molecule has 2 rings (SSSR count). The Morgan fingerprint density at radius 1 is 0.818 bits per heavy atom. The summed E-state index contributed by atoms with van der Waals surface area (Å²) in [6.45, 7) is 1.22. The second-order valence-corrected chi connectivity index (χ2v) is 5.02. The van der Waals surface area contributed by atoms with Gasteiger partial charge >= 0.3 is 0 Å². The van der Waals surface area contributed by atoms with E-state index in [-0.39, 0.29) is 5.92 Å². The van der Waals surface area contributed by atoms with E-state index in [0.717, 1.165) is 23.7 Å². The van der Waals surface area contributed by atoms with Crippen molar-refractivity contribution in [2.24, 2.45) is 5.73 Å². The van der Waals surface area contributed by atoms with E-state index in [1.807, 2.05) is 36.4 Å². The average molecular weight is 301 g/mol. The average Bonchev–Trinajstić information content (AvgIpc) is 2.59. The van der Waals surface area contributed by atoms with Gasteiger partial charge in [0.1, 0.15) is 17.2 Å². The SMILES string of the molecule is COc1ccc(OCCC(CN)c2ccc(OC)cc2)cc1. The van der Waals surface area contributed by atoms with Gasteiger partial charge < -0.3 is 19.9 Å². The molecule has 0 aliphatic heterocycles. The number of hydrogen-bond donors (Lipinski definition) is 1. The Morgan fingerprint density at radius 2 is 1.32 bits per heavy atom. The zero-order valence-corrected chi connectivity index (χ0v) is 13.1. The lowest BCUT2D eigenvalue weighted by Crippen LogP contribution is -2.15. The van der Waals surface area contributed by atoms with E-state index in [9.17, 15) is 0 Å². The lowest BCUT2D eigenvalue weighted by atomic mass is 9.96. The lowest BCUT2D eigenvalue weighted by Gasteiger charge is -2.16. The maximum atomic E-state index is 5.89. The summed E-state index contributed by atoms with van der Waals surface area (Å²) in [7, 11) is 3.31. The summed E-state index contributed by atoms with van der Waals surface area (Å²) < 4.78 is 16.1. The Bertz CT molecular complexity index is 552. The monoisotopic (exact) mass is 301 g/mol. The van der Waals surface area contributed by atoms with Crippen LogP contribution < -0.4 is 19.9 Å². The Kier molecular flexibility index (Phi) is 6.10. The number of hydrogen-bond acceptors (Lipinski definition) is 4. The molecule has 4 heteroatoms. The fourth-order valence-electron chi connectivity index (χ4n) is 2.29. The third-order valence-corrected chi connectivity index (χ3v) is 3.67. The highest BCUT2D eigenvalue weighted by Crippen LogP contribution is 2.23. The highest BCUT2D eigenvalue weighted by atomic mass is 16.5. The van der Waals surface area contributed by atoms with Gasteiger partial charge in [-0.3, -0.25) is 0 Å². The number of benzene rings is 2. The van der Waals surface area contributed by atoms with Gasteiger partial charge in [-0.15, -0.1) is 0 Å². The van der Waals surface area contributed by atoms with Crippen LogP contribution in [0.1, 0.15) is 17.9 Å². The molecule has 0 aromatic heterocycles. The van der Waals surface area contributed by atoms with Crippen LogP contribution in [0.4, 0.5) is 0 Å². The van der Waals surface area contributed by atoms with Crippen LogP contribution in [0.3, 0.4) is 0 Å². The molecule has 0 saturated heterocycles. The van der Waals surface area contributed by atoms with Gasteiger partial charge in [0.25, 0.3) is 0 Å². The van der Waals surface area contributed by atoms with Crippen LogP contribution in [-0.4, -0.2) is 27.4 Å². The molecule has 0 fully saturated rings. The number of ether oxygens (including phenoxy) is 3. The molecule has 0 radical (unpaired) electrons. The number of methoxy groups -OCH3 is 2. The van der Waals surface area contributed by atoms with Gasteiger partial charge in [-0.1, -0.05) is 12.1 Å². The van der Waals surface area contributed by atoms with Gasteiger partial charge in [-0.25, -0.2) is 0 Å². The van der Waals surface area contributed by atoms with Crippen LogP contribution in [0.25, 0.3) is 0 Å². The summed E-state index contributed by atoms with van der Waals surface area (Å²) in [4.78, 5) is 0. The van der Waals surface area contributed by atoms with Crippen molar-refractivity contribution in [3.8, 4) is 17.2 Å². The fourth-order valence-corrected chi connectivity index (χ4v) is 2.29. The van der Waals surface area contributed by atoms with Gasteiger partial charge in [-0.05, 0) is 60.8 Å². The third kappa shape index (κ3) is 4.40. The molecule has 0 saturated carbocycles. The summed E-state index contributed by atoms with van der Waals surface area (Å²) in [5, 5.41) is 0. The molecule has 1 atom stereocenters. The highest BCUT2D eigenvalue weighted by Gasteiger charge is 2.10. The van der Waals surface area contributed by atoms with Crippen LogP contribution >= 0.6 is 0 Å². The van der Waals surface area contributed by atoms with E-state index >= 15 is 0 Å². The van der Waals surface area contributed by atoms with E-state index in [2.05, 4.69) is 12.1 Å². The molecule has 2 aromatic rings. The molecule has 0 aliphatic carbocycles. The fraction of sp³-hybridized carbons (Fsp3) is 0.333. The van der Waals surface area contributed by atoms with Crippen LogP contribution in [-0.2, 0) is 0 Å². The van der Waals surface area contributed by atoms with Crippen LogP contribution in [0, 0.1) is 0 Å². The first kappa shape index (κ1) is 16.2. The summed E-state index contributed by atoms with van der Waals surface area (Å²) in [6, 6.07) is 15.6. The van der Waals surface area contributed by atoms with Crippen molar-refractivity contribution in [3.63, 3.8) is 0 Å². The predicted molar refractivity (Wildman–Crippen MR) is 87.9 cm³/mol. The normalized spacial score (nSPS) is 11.8. The molecule has 118 valence electrons. The minimum absolute atomic E-state index is 0.282. The second-order valence-electron chi connectivity index (χ2n) is 5.02. The van der Waals surface area contributed by atoms with Crippen LogP contribution in [0.5, 0.6) is 17.2 Å². The minimum atomic E-state index is 0.282. The predicted octanol–water partition coefficient (Wildman–Crippen LogP) is 3.22. The van der Waals surface area contributed by atoms with Crippen molar-refractivity contribution in [1.82, 2.24) is 0 Å². The topological polar surface area (TPSA) is 53.7 Å². The first-order valence-corrected chi connectivity index (χ1v) is 7.37. The molecular formula is C18H23NO3. The molecule has 1 unspecified atom stereocenters. The number of nitrogens with two attached hydrogens (primary N) is 1. The van der Waals surface area contributed by atoms with Gasteiger partial charge in [0.15, 0.2) is 0 Å². The second kappa shape index (κ2) is 8.29. The van der Waals surface area contributed by atoms with Crippen LogP contribution in [0.15, 0.2) is 48.5 Å². The Labute approximate surface area is 131 Å². The Hall–Kier alpha value is -2.20. The number of rotatable bonds is 8. The Morgan fingerprint density at radius 3 is 1.82 bits per heavy atom. The summed E-state index contributed by atoms with van der Waals surface area (Å²) in [5.74, 6) is 2.80. The van der Waals surface area contributed by atoms with E-state index < -0.39 is 0 Å². The van der Waals surface area contributed by atoms with E-state index in [1.54, 1.807) is 14.2 Å². The molecule has 0 aliphatic rings. The van der Waals surface area contributed by atoms with E-state index in [1.165, 1.54) is 5.56 Å². The standard InChI is InChI=1S/C18H23NO3/c1-20-16-5-3-14(4-6-16)15(13-19)11-12-22-18-9-7-17(21-2)8-10-18/h3-10,15H,11-13,19H2,1-2H3. The van der Waals surface area contributed by atoms with Crippen molar-refractivity contribution in [3.05, 3.63) is 54.1 Å². The minimum Gasteiger partial charge on any atom is -0.497 e. The largest absolute Gasteiger partial charge is 0.497 e. The molecule has 0 bridgehead atoms. The molecule has 0 spiro atoms. The first-order valence-electron chi connectivity index (χ1n) is 7.37. The van der Waals surface area contributed by atoms with E-state index in [4.69, 9.17) is 19.9 Å². The van der Waals surface area contributed by atoms with Crippen molar-refractivity contribution in [2.75, 3.05) is 27.4 Å². The van der Waals surface area contributed by atoms with Crippen LogP contribution in [0.2, 0.25) is 0 Å². The zero-order chi connectivity index (χ0) is 15.8.